The van der Waals surface area contributed by atoms with Crippen molar-refractivity contribution in [3.8, 4) is 0 Å². The van der Waals surface area contributed by atoms with E-state index in [4.69, 9.17) is 5.73 Å². The topological polar surface area (TPSA) is 60.2 Å². The van der Waals surface area contributed by atoms with Gasteiger partial charge in [0, 0.05) is 12.3 Å². The third-order valence-electron chi connectivity index (χ3n) is 1.99. The Bertz CT molecular complexity index is 208. The van der Waals surface area contributed by atoms with E-state index in [1.165, 1.54) is 6.26 Å². The highest BCUT2D eigenvalue weighted by molar-refractivity contribution is 7.91. The maximum absolute atomic E-state index is 11.0. The SMILES string of the molecule is CC(C)C(N)C(C)S(C)(=O)=O. The summed E-state index contributed by atoms with van der Waals surface area (Å²) in [5, 5.41) is -0.442. The van der Waals surface area contributed by atoms with Crippen LogP contribution in [0.25, 0.3) is 0 Å². The van der Waals surface area contributed by atoms with Gasteiger partial charge < -0.3 is 5.73 Å². The summed E-state index contributed by atoms with van der Waals surface area (Å²) in [5.74, 6) is 0.208. The molecule has 0 aromatic carbocycles. The Kier molecular flexibility index (Phi) is 3.51. The normalized spacial score (nSPS) is 18.4. The van der Waals surface area contributed by atoms with Gasteiger partial charge in [0.2, 0.25) is 0 Å². The van der Waals surface area contributed by atoms with E-state index in [0.717, 1.165) is 0 Å². The van der Waals surface area contributed by atoms with Crippen molar-refractivity contribution < 1.29 is 8.42 Å². The molecule has 2 N–H and O–H groups in total. The third kappa shape index (κ3) is 3.20. The van der Waals surface area contributed by atoms with E-state index in [1.54, 1.807) is 6.92 Å². The molecule has 0 bridgehead atoms. The molecule has 11 heavy (non-hydrogen) atoms. The van der Waals surface area contributed by atoms with Crippen molar-refractivity contribution in [1.82, 2.24) is 0 Å². The highest BCUT2D eigenvalue weighted by Gasteiger charge is 2.24. The van der Waals surface area contributed by atoms with Crippen LogP contribution in [0.2, 0.25) is 0 Å². The van der Waals surface area contributed by atoms with Crippen molar-refractivity contribution >= 4 is 9.84 Å². The lowest BCUT2D eigenvalue weighted by Crippen LogP contribution is -2.41. The van der Waals surface area contributed by atoms with E-state index in [0.29, 0.717) is 0 Å². The van der Waals surface area contributed by atoms with Gasteiger partial charge in [0.05, 0.1) is 5.25 Å². The quantitative estimate of drug-likeness (QED) is 0.682. The maximum atomic E-state index is 11.0. The Morgan fingerprint density at radius 3 is 1.64 bits per heavy atom. The average molecular weight is 179 g/mol. The molecule has 68 valence electrons. The van der Waals surface area contributed by atoms with Crippen LogP contribution in [0.5, 0.6) is 0 Å². The van der Waals surface area contributed by atoms with Crippen LogP contribution in [0.4, 0.5) is 0 Å². The minimum atomic E-state index is -2.97. The molecule has 0 aliphatic carbocycles. The molecule has 0 rings (SSSR count). The van der Waals surface area contributed by atoms with Gasteiger partial charge >= 0.3 is 0 Å². The Hall–Kier alpha value is -0.0900. The fourth-order valence-electron chi connectivity index (χ4n) is 0.827. The molecule has 2 atom stereocenters. The third-order valence-corrected chi connectivity index (χ3v) is 3.65. The van der Waals surface area contributed by atoms with Gasteiger partial charge in [-0.25, -0.2) is 8.42 Å². The molecular formula is C7H17NO2S. The molecule has 0 aliphatic rings. The second-order valence-corrected chi connectivity index (χ2v) is 5.76. The van der Waals surface area contributed by atoms with Gasteiger partial charge in [-0.15, -0.1) is 0 Å². The summed E-state index contributed by atoms with van der Waals surface area (Å²) in [5.41, 5.74) is 5.67. The van der Waals surface area contributed by atoms with Crippen LogP contribution in [0.15, 0.2) is 0 Å². The molecule has 2 unspecified atom stereocenters. The number of rotatable bonds is 3. The fourth-order valence-corrected chi connectivity index (χ4v) is 1.71. The molecule has 0 radical (unpaired) electrons. The highest BCUT2D eigenvalue weighted by Crippen LogP contribution is 2.09. The first-order valence-electron chi connectivity index (χ1n) is 3.71. The van der Waals surface area contributed by atoms with Crippen LogP contribution in [-0.2, 0) is 9.84 Å². The first-order valence-corrected chi connectivity index (χ1v) is 5.66. The number of hydrogen-bond acceptors (Lipinski definition) is 3. The highest BCUT2D eigenvalue weighted by atomic mass is 32.2. The number of hydrogen-bond donors (Lipinski definition) is 1. The molecule has 4 heteroatoms. The van der Waals surface area contributed by atoms with E-state index >= 15 is 0 Å². The largest absolute Gasteiger partial charge is 0.326 e. The summed E-state index contributed by atoms with van der Waals surface area (Å²) in [6, 6.07) is -0.259. The lowest BCUT2D eigenvalue weighted by atomic mass is 10.0. The predicted octanol–water partition coefficient (Wildman–Crippen LogP) is 0.403. The van der Waals surface area contributed by atoms with Crippen LogP contribution in [-0.4, -0.2) is 26.0 Å². The predicted molar refractivity (Wildman–Crippen MR) is 47.1 cm³/mol. The van der Waals surface area contributed by atoms with Crippen LogP contribution in [0.3, 0.4) is 0 Å². The first-order chi connectivity index (χ1) is 4.76. The van der Waals surface area contributed by atoms with E-state index < -0.39 is 15.1 Å². The van der Waals surface area contributed by atoms with E-state index in [9.17, 15) is 8.42 Å². The average Bonchev–Trinajstić information content (AvgIpc) is 1.82. The maximum Gasteiger partial charge on any atom is 0.151 e. The summed E-state index contributed by atoms with van der Waals surface area (Å²) < 4.78 is 22.0. The standard InChI is InChI=1S/C7H17NO2S/c1-5(2)7(8)6(3)11(4,9)10/h5-7H,8H2,1-4H3. The lowest BCUT2D eigenvalue weighted by molar-refractivity contribution is 0.470. The second kappa shape index (κ2) is 3.54. The van der Waals surface area contributed by atoms with Gasteiger partial charge in [-0.1, -0.05) is 13.8 Å². The van der Waals surface area contributed by atoms with Crippen molar-refractivity contribution in [1.29, 1.82) is 0 Å². The Morgan fingerprint density at radius 1 is 1.18 bits per heavy atom. The van der Waals surface area contributed by atoms with Gasteiger partial charge in [0.25, 0.3) is 0 Å². The Labute approximate surface area is 68.9 Å². The first kappa shape index (κ1) is 10.9. The van der Waals surface area contributed by atoms with Crippen molar-refractivity contribution in [2.75, 3.05) is 6.26 Å². The molecule has 3 nitrogen and oxygen atoms in total. The molecular weight excluding hydrogens is 162 g/mol. The van der Waals surface area contributed by atoms with Crippen molar-refractivity contribution in [2.24, 2.45) is 11.7 Å². The molecule has 0 amide bonds. The van der Waals surface area contributed by atoms with Gasteiger partial charge in [0.15, 0.2) is 9.84 Å². The van der Waals surface area contributed by atoms with E-state index in [1.807, 2.05) is 13.8 Å². The zero-order valence-electron chi connectivity index (χ0n) is 7.53. The van der Waals surface area contributed by atoms with Crippen molar-refractivity contribution in [3.63, 3.8) is 0 Å². The summed E-state index contributed by atoms with van der Waals surface area (Å²) in [6.07, 6.45) is 1.22. The Balaban J connectivity index is 4.38. The molecule has 0 aromatic rings. The van der Waals surface area contributed by atoms with Crippen LogP contribution >= 0.6 is 0 Å². The lowest BCUT2D eigenvalue weighted by Gasteiger charge is -2.21. The van der Waals surface area contributed by atoms with Crippen LogP contribution < -0.4 is 5.73 Å². The molecule has 0 heterocycles. The van der Waals surface area contributed by atoms with Gasteiger partial charge in [0.1, 0.15) is 0 Å². The van der Waals surface area contributed by atoms with Crippen molar-refractivity contribution in [2.45, 2.75) is 32.1 Å². The zero-order valence-corrected chi connectivity index (χ0v) is 8.35. The summed E-state index contributed by atoms with van der Waals surface area (Å²) in [6.45, 7) is 5.50. The minimum Gasteiger partial charge on any atom is -0.326 e. The summed E-state index contributed by atoms with van der Waals surface area (Å²) >= 11 is 0. The van der Waals surface area contributed by atoms with Gasteiger partial charge in [-0.3, -0.25) is 0 Å². The summed E-state index contributed by atoms with van der Waals surface area (Å²) in [7, 11) is -2.97. The summed E-state index contributed by atoms with van der Waals surface area (Å²) in [4.78, 5) is 0. The monoisotopic (exact) mass is 179 g/mol. The molecule has 0 aliphatic heterocycles. The smallest absolute Gasteiger partial charge is 0.151 e. The van der Waals surface area contributed by atoms with Gasteiger partial charge in [-0.2, -0.15) is 0 Å². The molecule has 0 saturated carbocycles. The molecule has 0 fully saturated rings. The van der Waals surface area contributed by atoms with Gasteiger partial charge in [-0.05, 0) is 12.8 Å². The van der Waals surface area contributed by atoms with E-state index in [2.05, 4.69) is 0 Å². The van der Waals surface area contributed by atoms with Crippen LogP contribution in [0.1, 0.15) is 20.8 Å². The molecule has 0 spiro atoms. The number of sulfone groups is 1. The fraction of sp³-hybridized carbons (Fsp3) is 1.00. The Morgan fingerprint density at radius 2 is 1.55 bits per heavy atom. The number of nitrogens with two attached hydrogens (primary N) is 1. The molecule has 0 aromatic heterocycles. The van der Waals surface area contributed by atoms with Crippen LogP contribution in [0, 0.1) is 5.92 Å². The molecule has 0 saturated heterocycles. The van der Waals surface area contributed by atoms with Crippen molar-refractivity contribution in [3.05, 3.63) is 0 Å². The van der Waals surface area contributed by atoms with E-state index in [-0.39, 0.29) is 12.0 Å². The zero-order chi connectivity index (χ0) is 9.23. The second-order valence-electron chi connectivity index (χ2n) is 3.36. The minimum absolute atomic E-state index is 0.208.